The highest BCUT2D eigenvalue weighted by atomic mass is 19.4. The van der Waals surface area contributed by atoms with Crippen LogP contribution in [0.25, 0.3) is 0 Å². The standard InChI is InChI=1S/C22H24F3N3O5/c1-2-32-21(31)28(19-11-26-9-7-18(19)22(23,24)25)16-8-10-27(12-16)20(30)14-33-17-5-3-15(13-29)4-6-17/h3-7,9,11,16,29H,2,8,10,12-14H2,1H3. The number of alkyl halides is 3. The minimum atomic E-state index is -4.70. The molecule has 1 unspecified atom stereocenters. The Balaban J connectivity index is 1.72. The van der Waals surface area contributed by atoms with Crippen molar-refractivity contribution < 1.29 is 37.3 Å². The smallest absolute Gasteiger partial charge is 0.418 e. The van der Waals surface area contributed by atoms with Gasteiger partial charge in [0, 0.05) is 19.3 Å². The molecule has 2 aromatic rings. The van der Waals surface area contributed by atoms with E-state index < -0.39 is 29.6 Å². The van der Waals surface area contributed by atoms with Crippen molar-refractivity contribution in [1.82, 2.24) is 9.88 Å². The highest BCUT2D eigenvalue weighted by Crippen LogP contribution is 2.38. The molecule has 1 aromatic carbocycles. The lowest BCUT2D eigenvalue weighted by molar-refractivity contribution is -0.137. The minimum absolute atomic E-state index is 0.0186. The number of carbonyl (C=O) groups excluding carboxylic acids is 2. The molecule has 2 amide bonds. The molecule has 11 heteroatoms. The molecule has 0 spiro atoms. The second kappa shape index (κ2) is 10.5. The average Bonchev–Trinajstić information content (AvgIpc) is 3.27. The lowest BCUT2D eigenvalue weighted by Crippen LogP contribution is -2.44. The molecule has 1 aliphatic heterocycles. The van der Waals surface area contributed by atoms with Crippen molar-refractivity contribution in [3.8, 4) is 5.75 Å². The number of halogens is 3. The molecule has 33 heavy (non-hydrogen) atoms. The van der Waals surface area contributed by atoms with Gasteiger partial charge in [0.1, 0.15) is 5.75 Å². The van der Waals surface area contributed by atoms with Crippen molar-refractivity contribution in [3.05, 3.63) is 53.9 Å². The summed E-state index contributed by atoms with van der Waals surface area (Å²) in [5.41, 5.74) is -0.725. The Bertz CT molecular complexity index is 968. The molecule has 8 nitrogen and oxygen atoms in total. The van der Waals surface area contributed by atoms with E-state index in [0.29, 0.717) is 11.3 Å². The molecule has 0 aliphatic carbocycles. The van der Waals surface area contributed by atoms with Crippen LogP contribution in [0.2, 0.25) is 0 Å². The first-order chi connectivity index (χ1) is 15.7. The zero-order chi connectivity index (χ0) is 24.0. The van der Waals surface area contributed by atoms with Gasteiger partial charge in [0.25, 0.3) is 5.91 Å². The lowest BCUT2D eigenvalue weighted by atomic mass is 10.1. The zero-order valence-corrected chi connectivity index (χ0v) is 17.9. The predicted molar refractivity (Wildman–Crippen MR) is 112 cm³/mol. The Morgan fingerprint density at radius 3 is 2.61 bits per heavy atom. The lowest BCUT2D eigenvalue weighted by Gasteiger charge is -2.30. The first-order valence-electron chi connectivity index (χ1n) is 10.3. The number of pyridine rings is 1. The monoisotopic (exact) mass is 467 g/mol. The van der Waals surface area contributed by atoms with Gasteiger partial charge in [0.15, 0.2) is 6.61 Å². The molecular weight excluding hydrogens is 443 g/mol. The number of anilines is 1. The Morgan fingerprint density at radius 1 is 1.24 bits per heavy atom. The number of amides is 2. The van der Waals surface area contributed by atoms with Gasteiger partial charge in [0.2, 0.25) is 0 Å². The van der Waals surface area contributed by atoms with Gasteiger partial charge in [-0.15, -0.1) is 0 Å². The molecule has 0 saturated carbocycles. The zero-order valence-electron chi connectivity index (χ0n) is 17.9. The number of carbonyl (C=O) groups is 2. The molecule has 1 saturated heterocycles. The van der Waals surface area contributed by atoms with Gasteiger partial charge in [-0.3, -0.25) is 14.7 Å². The highest BCUT2D eigenvalue weighted by molar-refractivity contribution is 5.90. The van der Waals surface area contributed by atoms with Crippen LogP contribution in [0, 0.1) is 0 Å². The van der Waals surface area contributed by atoms with Crippen molar-refractivity contribution in [1.29, 1.82) is 0 Å². The third-order valence-electron chi connectivity index (χ3n) is 5.18. The number of aliphatic hydroxyl groups excluding tert-OH is 1. The van der Waals surface area contributed by atoms with Crippen LogP contribution in [-0.4, -0.2) is 59.3 Å². The number of nitrogens with zero attached hydrogens (tertiary/aromatic N) is 3. The molecular formula is C22H24F3N3O5. The number of aromatic nitrogens is 1. The summed E-state index contributed by atoms with van der Waals surface area (Å²) in [6.07, 6.45) is -3.39. The molecule has 1 aromatic heterocycles. The number of benzene rings is 1. The normalized spacial score (nSPS) is 15.9. The molecule has 3 rings (SSSR count). The van der Waals surface area contributed by atoms with Crippen LogP contribution in [-0.2, 0) is 22.3 Å². The van der Waals surface area contributed by atoms with Crippen molar-refractivity contribution in [2.45, 2.75) is 32.2 Å². The Hall–Kier alpha value is -3.34. The van der Waals surface area contributed by atoms with Gasteiger partial charge in [-0.25, -0.2) is 4.79 Å². The van der Waals surface area contributed by atoms with Crippen molar-refractivity contribution in [3.63, 3.8) is 0 Å². The van der Waals surface area contributed by atoms with E-state index in [-0.39, 0.29) is 45.2 Å². The molecule has 178 valence electrons. The van der Waals surface area contributed by atoms with E-state index in [0.717, 1.165) is 23.4 Å². The van der Waals surface area contributed by atoms with Gasteiger partial charge in [-0.1, -0.05) is 12.1 Å². The third-order valence-corrected chi connectivity index (χ3v) is 5.18. The number of hydrogen-bond acceptors (Lipinski definition) is 6. The van der Waals surface area contributed by atoms with Crippen LogP contribution in [0.4, 0.5) is 23.7 Å². The van der Waals surface area contributed by atoms with Crippen molar-refractivity contribution >= 4 is 17.7 Å². The number of hydrogen-bond donors (Lipinski definition) is 1. The van der Waals surface area contributed by atoms with E-state index >= 15 is 0 Å². The fourth-order valence-electron chi connectivity index (χ4n) is 3.56. The molecule has 1 N–H and O–H groups in total. The van der Waals surface area contributed by atoms with Crippen LogP contribution in [0.1, 0.15) is 24.5 Å². The summed E-state index contributed by atoms with van der Waals surface area (Å²) in [4.78, 5) is 31.3. The fraction of sp³-hybridized carbons (Fsp3) is 0.409. The molecule has 2 heterocycles. The quantitative estimate of drug-likeness (QED) is 0.672. The van der Waals surface area contributed by atoms with Crippen LogP contribution < -0.4 is 9.64 Å². The summed E-state index contributed by atoms with van der Waals surface area (Å²) in [7, 11) is 0. The van der Waals surface area contributed by atoms with Gasteiger partial charge in [-0.2, -0.15) is 13.2 Å². The number of aliphatic hydroxyl groups is 1. The van der Waals surface area contributed by atoms with Crippen LogP contribution in [0.5, 0.6) is 5.75 Å². The highest BCUT2D eigenvalue weighted by Gasteiger charge is 2.41. The summed E-state index contributed by atoms with van der Waals surface area (Å²) in [5.74, 6) is 0.0735. The Labute approximate surface area is 188 Å². The molecule has 0 radical (unpaired) electrons. The molecule has 1 aliphatic rings. The first-order valence-corrected chi connectivity index (χ1v) is 10.3. The Morgan fingerprint density at radius 2 is 1.97 bits per heavy atom. The predicted octanol–water partition coefficient (Wildman–Crippen LogP) is 3.24. The summed E-state index contributed by atoms with van der Waals surface area (Å²) in [6, 6.07) is 6.64. The molecule has 1 fully saturated rings. The van der Waals surface area contributed by atoms with E-state index in [2.05, 4.69) is 4.98 Å². The summed E-state index contributed by atoms with van der Waals surface area (Å²) < 4.78 is 51.2. The second-order valence-corrected chi connectivity index (χ2v) is 7.33. The van der Waals surface area contributed by atoms with Crippen molar-refractivity contribution in [2.75, 3.05) is 31.2 Å². The third kappa shape index (κ3) is 5.92. The van der Waals surface area contributed by atoms with Gasteiger partial charge in [0.05, 0.1) is 36.7 Å². The maximum atomic E-state index is 13.6. The van der Waals surface area contributed by atoms with Gasteiger partial charge < -0.3 is 19.5 Å². The maximum absolute atomic E-state index is 13.6. The maximum Gasteiger partial charge on any atom is 0.418 e. The minimum Gasteiger partial charge on any atom is -0.484 e. The first kappa shape index (κ1) is 24.3. The topological polar surface area (TPSA) is 92.2 Å². The summed E-state index contributed by atoms with van der Waals surface area (Å²) in [6.45, 7) is 1.42. The fourth-order valence-corrected chi connectivity index (χ4v) is 3.56. The van der Waals surface area contributed by atoms with Gasteiger partial charge >= 0.3 is 12.3 Å². The van der Waals surface area contributed by atoms with Crippen LogP contribution in [0.15, 0.2) is 42.7 Å². The van der Waals surface area contributed by atoms with Crippen LogP contribution in [0.3, 0.4) is 0 Å². The van der Waals surface area contributed by atoms with E-state index in [1.54, 1.807) is 31.2 Å². The largest absolute Gasteiger partial charge is 0.484 e. The Kier molecular flexibility index (Phi) is 7.75. The van der Waals surface area contributed by atoms with E-state index in [4.69, 9.17) is 14.6 Å². The number of likely N-dealkylation sites (tertiary alicyclic amines) is 1. The molecule has 0 bridgehead atoms. The second-order valence-electron chi connectivity index (χ2n) is 7.33. The van der Waals surface area contributed by atoms with E-state index in [9.17, 15) is 22.8 Å². The number of ether oxygens (including phenoxy) is 2. The van der Waals surface area contributed by atoms with E-state index in [1.165, 1.54) is 4.90 Å². The average molecular weight is 467 g/mol. The van der Waals surface area contributed by atoms with E-state index in [1.807, 2.05) is 0 Å². The molecule has 1 atom stereocenters. The van der Waals surface area contributed by atoms with Gasteiger partial charge in [-0.05, 0) is 37.1 Å². The summed E-state index contributed by atoms with van der Waals surface area (Å²) in [5, 5.41) is 9.07. The van der Waals surface area contributed by atoms with Crippen LogP contribution >= 0.6 is 0 Å². The van der Waals surface area contributed by atoms with Crippen molar-refractivity contribution in [2.24, 2.45) is 0 Å². The SMILES string of the molecule is CCOC(=O)N(c1cnccc1C(F)(F)F)C1CCN(C(=O)COc2ccc(CO)cc2)C1. The number of rotatable bonds is 7. The summed E-state index contributed by atoms with van der Waals surface area (Å²) >= 11 is 0.